The quantitative estimate of drug-likeness (QED) is 0.412. The van der Waals surface area contributed by atoms with E-state index in [4.69, 9.17) is 9.47 Å². The number of nitrogens with zero attached hydrogens (tertiary/aromatic N) is 1. The molecule has 7 nitrogen and oxygen atoms in total. The number of carbonyl (C=O) groups excluding carboxylic acids is 3. The van der Waals surface area contributed by atoms with E-state index in [1.807, 2.05) is 31.2 Å². The van der Waals surface area contributed by atoms with Crippen molar-refractivity contribution in [2.45, 2.75) is 13.5 Å². The van der Waals surface area contributed by atoms with Gasteiger partial charge in [-0.1, -0.05) is 35.9 Å². The maximum Gasteiger partial charge on any atom is 0.293 e. The molecule has 0 radical (unpaired) electrons. The molecule has 0 unspecified atom stereocenters. The van der Waals surface area contributed by atoms with Crippen LogP contribution in [0.2, 0.25) is 0 Å². The van der Waals surface area contributed by atoms with E-state index in [1.165, 1.54) is 31.4 Å². The Labute approximate surface area is 211 Å². The summed E-state index contributed by atoms with van der Waals surface area (Å²) in [6, 6.07) is 18.0. The van der Waals surface area contributed by atoms with Crippen molar-refractivity contribution in [3.8, 4) is 11.5 Å². The highest BCUT2D eigenvalue weighted by molar-refractivity contribution is 8.18. The number of aryl methyl sites for hydroxylation is 1. The van der Waals surface area contributed by atoms with Gasteiger partial charge in [-0.25, -0.2) is 4.39 Å². The van der Waals surface area contributed by atoms with Crippen molar-refractivity contribution >= 4 is 40.6 Å². The van der Waals surface area contributed by atoms with Crippen molar-refractivity contribution < 1.29 is 28.2 Å². The summed E-state index contributed by atoms with van der Waals surface area (Å²) in [5, 5.41) is 2.36. The van der Waals surface area contributed by atoms with E-state index in [0.717, 1.165) is 22.2 Å². The largest absolute Gasteiger partial charge is 0.493 e. The second kappa shape index (κ2) is 11.1. The van der Waals surface area contributed by atoms with Crippen LogP contribution in [0.5, 0.6) is 11.5 Å². The van der Waals surface area contributed by atoms with Crippen LogP contribution in [0.15, 0.2) is 71.6 Å². The van der Waals surface area contributed by atoms with E-state index in [9.17, 15) is 18.8 Å². The summed E-state index contributed by atoms with van der Waals surface area (Å²) in [6.45, 7) is 1.80. The van der Waals surface area contributed by atoms with Crippen LogP contribution in [0.4, 0.5) is 14.9 Å². The number of anilines is 1. The molecular weight excluding hydrogens is 483 g/mol. The molecule has 3 aromatic rings. The number of ether oxygens (including phenoxy) is 2. The number of imide groups is 1. The van der Waals surface area contributed by atoms with Crippen molar-refractivity contribution in [1.82, 2.24) is 4.90 Å². The number of methoxy groups -OCH3 is 1. The van der Waals surface area contributed by atoms with Crippen LogP contribution in [-0.4, -0.2) is 35.7 Å². The van der Waals surface area contributed by atoms with Gasteiger partial charge in [0.15, 0.2) is 18.1 Å². The van der Waals surface area contributed by atoms with Gasteiger partial charge >= 0.3 is 0 Å². The number of halogens is 1. The molecular formula is C27H23FN2O5S. The lowest BCUT2D eigenvalue weighted by Gasteiger charge is -2.12. The number of amides is 3. The fourth-order valence-corrected chi connectivity index (χ4v) is 4.27. The molecule has 0 atom stereocenters. The lowest BCUT2D eigenvalue weighted by atomic mass is 10.1. The van der Waals surface area contributed by atoms with Crippen LogP contribution in [0, 0.1) is 12.7 Å². The van der Waals surface area contributed by atoms with Crippen LogP contribution in [0.3, 0.4) is 0 Å². The molecule has 0 aromatic heterocycles. The maximum absolute atomic E-state index is 13.1. The molecule has 1 aliphatic rings. The summed E-state index contributed by atoms with van der Waals surface area (Å²) in [5.41, 5.74) is 3.03. The SMILES string of the molecule is COc1cc(/C=C2\SC(=O)N(Cc3ccc(F)cc3)C2=O)ccc1OCC(=O)Nc1ccc(C)cc1. The first-order valence-corrected chi connectivity index (χ1v) is 11.8. The average molecular weight is 507 g/mol. The fraction of sp³-hybridized carbons (Fsp3) is 0.148. The highest BCUT2D eigenvalue weighted by Crippen LogP contribution is 2.35. The van der Waals surface area contributed by atoms with Crippen LogP contribution < -0.4 is 14.8 Å². The Morgan fingerprint density at radius 3 is 2.44 bits per heavy atom. The highest BCUT2D eigenvalue weighted by Gasteiger charge is 2.35. The molecule has 184 valence electrons. The van der Waals surface area contributed by atoms with Gasteiger partial charge in [-0.2, -0.15) is 0 Å². The van der Waals surface area contributed by atoms with Crippen LogP contribution in [0.25, 0.3) is 6.08 Å². The minimum atomic E-state index is -0.429. The number of hydrogen-bond acceptors (Lipinski definition) is 6. The van der Waals surface area contributed by atoms with Gasteiger partial charge in [-0.15, -0.1) is 0 Å². The molecule has 3 amide bonds. The Balaban J connectivity index is 1.41. The fourth-order valence-electron chi connectivity index (χ4n) is 3.43. The predicted molar refractivity (Wildman–Crippen MR) is 136 cm³/mol. The van der Waals surface area contributed by atoms with Gasteiger partial charge in [-0.05, 0) is 72.3 Å². The van der Waals surface area contributed by atoms with E-state index >= 15 is 0 Å². The zero-order valence-electron chi connectivity index (χ0n) is 19.6. The van der Waals surface area contributed by atoms with Crippen LogP contribution in [0.1, 0.15) is 16.7 Å². The van der Waals surface area contributed by atoms with Gasteiger partial charge in [0, 0.05) is 5.69 Å². The second-order valence-electron chi connectivity index (χ2n) is 8.01. The van der Waals surface area contributed by atoms with Gasteiger partial charge in [-0.3, -0.25) is 19.3 Å². The Bertz CT molecular complexity index is 1320. The lowest BCUT2D eigenvalue weighted by Crippen LogP contribution is -2.27. The standard InChI is InChI=1S/C27H23FN2O5S/c1-17-3-10-21(11-4-17)29-25(31)16-35-22-12-7-19(13-23(22)34-2)14-24-26(32)30(27(33)36-24)15-18-5-8-20(28)9-6-18/h3-14H,15-16H2,1-2H3,(H,29,31)/b24-14-. The monoisotopic (exact) mass is 506 g/mol. The van der Waals surface area contributed by atoms with Gasteiger partial charge in [0.1, 0.15) is 5.82 Å². The normalized spacial score (nSPS) is 14.3. The zero-order valence-corrected chi connectivity index (χ0v) is 20.4. The van der Waals surface area contributed by atoms with Crippen LogP contribution >= 0.6 is 11.8 Å². The molecule has 0 bridgehead atoms. The molecule has 0 spiro atoms. The Morgan fingerprint density at radius 2 is 1.75 bits per heavy atom. The van der Waals surface area contributed by atoms with E-state index < -0.39 is 11.1 Å². The first-order chi connectivity index (χ1) is 17.3. The molecule has 1 saturated heterocycles. The smallest absolute Gasteiger partial charge is 0.293 e. The minimum absolute atomic E-state index is 0.0586. The Kier molecular flexibility index (Phi) is 7.70. The van der Waals surface area contributed by atoms with Crippen molar-refractivity contribution in [3.63, 3.8) is 0 Å². The van der Waals surface area contributed by atoms with E-state index in [0.29, 0.717) is 28.3 Å². The summed E-state index contributed by atoms with van der Waals surface area (Å²) in [5.74, 6) is -0.405. The van der Waals surface area contributed by atoms with E-state index in [2.05, 4.69) is 5.32 Å². The van der Waals surface area contributed by atoms with E-state index in [-0.39, 0.29) is 29.8 Å². The topological polar surface area (TPSA) is 84.9 Å². The summed E-state index contributed by atoms with van der Waals surface area (Å²) < 4.78 is 24.1. The van der Waals surface area contributed by atoms with Crippen molar-refractivity contribution in [2.75, 3.05) is 19.0 Å². The number of thioether (sulfide) groups is 1. The van der Waals surface area contributed by atoms with Gasteiger partial charge in [0.2, 0.25) is 0 Å². The second-order valence-corrected chi connectivity index (χ2v) is 9.00. The Morgan fingerprint density at radius 1 is 1.03 bits per heavy atom. The molecule has 9 heteroatoms. The third-order valence-corrected chi connectivity index (χ3v) is 6.21. The first-order valence-electron chi connectivity index (χ1n) is 11.0. The summed E-state index contributed by atoms with van der Waals surface area (Å²) in [7, 11) is 1.47. The van der Waals surface area contributed by atoms with Gasteiger partial charge in [0.05, 0.1) is 18.6 Å². The summed E-state index contributed by atoms with van der Waals surface area (Å²) in [6.07, 6.45) is 1.59. The van der Waals surface area contributed by atoms with Crippen molar-refractivity contribution in [1.29, 1.82) is 0 Å². The first kappa shape index (κ1) is 25.0. The molecule has 1 N–H and O–H groups in total. The van der Waals surface area contributed by atoms with Crippen molar-refractivity contribution in [3.05, 3.63) is 94.1 Å². The molecule has 1 fully saturated rings. The summed E-state index contributed by atoms with van der Waals surface area (Å²) in [4.78, 5) is 38.8. The summed E-state index contributed by atoms with van der Waals surface area (Å²) >= 11 is 0.832. The molecule has 36 heavy (non-hydrogen) atoms. The van der Waals surface area contributed by atoms with E-state index in [1.54, 1.807) is 24.3 Å². The highest BCUT2D eigenvalue weighted by atomic mass is 32.2. The lowest BCUT2D eigenvalue weighted by molar-refractivity contribution is -0.123. The third-order valence-electron chi connectivity index (χ3n) is 5.31. The maximum atomic E-state index is 13.1. The molecule has 1 aliphatic heterocycles. The molecule has 1 heterocycles. The minimum Gasteiger partial charge on any atom is -0.493 e. The molecule has 0 aliphatic carbocycles. The number of hydrogen-bond donors (Lipinski definition) is 1. The molecule has 0 saturated carbocycles. The molecule has 3 aromatic carbocycles. The zero-order chi connectivity index (χ0) is 25.7. The van der Waals surface area contributed by atoms with Crippen molar-refractivity contribution in [2.24, 2.45) is 0 Å². The van der Waals surface area contributed by atoms with Gasteiger partial charge in [0.25, 0.3) is 17.1 Å². The number of benzene rings is 3. The Hall–Kier alpha value is -4.11. The predicted octanol–water partition coefficient (Wildman–Crippen LogP) is 5.40. The molecule has 4 rings (SSSR count). The number of carbonyl (C=O) groups is 3. The number of nitrogens with one attached hydrogen (secondary N) is 1. The van der Waals surface area contributed by atoms with Crippen LogP contribution in [-0.2, 0) is 16.1 Å². The third kappa shape index (κ3) is 6.11. The average Bonchev–Trinajstić information content (AvgIpc) is 3.13. The number of rotatable bonds is 8. The van der Waals surface area contributed by atoms with Gasteiger partial charge < -0.3 is 14.8 Å².